The smallest absolute Gasteiger partial charge is 0.138 e. The van der Waals surface area contributed by atoms with E-state index in [9.17, 15) is 5.11 Å². The summed E-state index contributed by atoms with van der Waals surface area (Å²) in [5, 5.41) is 11.6. The van der Waals surface area contributed by atoms with Gasteiger partial charge in [-0.15, -0.1) is 0 Å². The van der Waals surface area contributed by atoms with Gasteiger partial charge in [-0.2, -0.15) is 0 Å². The fourth-order valence-electron chi connectivity index (χ4n) is 1.80. The average Bonchev–Trinajstić information content (AvgIpc) is 2.40. The van der Waals surface area contributed by atoms with Crippen molar-refractivity contribution in [2.75, 3.05) is 7.11 Å². The SMILES string of the molecule is COc1cc(Cl)c(C(O)c2ccc(Br)cc2Cl)cc1Cl. The lowest BCUT2D eigenvalue weighted by Gasteiger charge is -2.16. The van der Waals surface area contributed by atoms with E-state index in [4.69, 9.17) is 39.5 Å². The molecule has 1 unspecified atom stereocenters. The topological polar surface area (TPSA) is 29.5 Å². The number of aliphatic hydroxyl groups excluding tert-OH is 1. The normalized spacial score (nSPS) is 12.3. The van der Waals surface area contributed by atoms with Crippen LogP contribution in [0.2, 0.25) is 15.1 Å². The Bertz CT molecular complexity index is 647. The van der Waals surface area contributed by atoms with Crippen molar-refractivity contribution in [1.82, 2.24) is 0 Å². The van der Waals surface area contributed by atoms with Crippen LogP contribution in [0.25, 0.3) is 0 Å². The second-order valence-electron chi connectivity index (χ2n) is 4.08. The van der Waals surface area contributed by atoms with Crippen molar-refractivity contribution in [3.05, 3.63) is 61.0 Å². The number of rotatable bonds is 3. The van der Waals surface area contributed by atoms with E-state index in [0.29, 0.717) is 31.9 Å². The third kappa shape index (κ3) is 3.23. The first-order valence-corrected chi connectivity index (χ1v) is 7.52. The van der Waals surface area contributed by atoms with E-state index in [2.05, 4.69) is 15.9 Å². The van der Waals surface area contributed by atoms with E-state index in [0.717, 1.165) is 4.47 Å². The maximum absolute atomic E-state index is 10.4. The molecular formula is C14H10BrCl3O2. The summed E-state index contributed by atoms with van der Waals surface area (Å²) >= 11 is 21.7. The summed E-state index contributed by atoms with van der Waals surface area (Å²) < 4.78 is 5.91. The predicted molar refractivity (Wildman–Crippen MR) is 86.2 cm³/mol. The van der Waals surface area contributed by atoms with Gasteiger partial charge in [0.05, 0.1) is 17.2 Å². The molecule has 106 valence electrons. The first kappa shape index (κ1) is 15.9. The van der Waals surface area contributed by atoms with E-state index in [1.54, 1.807) is 30.3 Å². The number of aliphatic hydroxyl groups is 1. The molecule has 0 amide bonds. The monoisotopic (exact) mass is 394 g/mol. The highest BCUT2D eigenvalue weighted by Crippen LogP contribution is 2.38. The standard InChI is InChI=1S/C14H10BrCl3O2/c1-20-13-6-11(17)9(5-12(13)18)14(19)8-3-2-7(15)4-10(8)16/h2-6,14,19H,1H3. The molecule has 0 radical (unpaired) electrons. The second kappa shape index (κ2) is 6.54. The van der Waals surface area contributed by atoms with E-state index in [-0.39, 0.29) is 0 Å². The molecule has 0 aliphatic heterocycles. The van der Waals surface area contributed by atoms with Crippen LogP contribution in [0, 0.1) is 0 Å². The second-order valence-corrected chi connectivity index (χ2v) is 6.21. The lowest BCUT2D eigenvalue weighted by atomic mass is 10.0. The Morgan fingerprint density at radius 3 is 2.25 bits per heavy atom. The molecule has 0 aliphatic rings. The third-order valence-electron chi connectivity index (χ3n) is 2.82. The largest absolute Gasteiger partial charge is 0.495 e. The summed E-state index contributed by atoms with van der Waals surface area (Å²) in [5.41, 5.74) is 1.03. The number of benzene rings is 2. The molecule has 6 heteroatoms. The Balaban J connectivity index is 2.48. The molecular weight excluding hydrogens is 386 g/mol. The number of halogens is 4. The average molecular weight is 396 g/mol. The van der Waals surface area contributed by atoms with E-state index < -0.39 is 6.10 Å². The van der Waals surface area contributed by atoms with Crippen molar-refractivity contribution in [3.8, 4) is 5.75 Å². The Morgan fingerprint density at radius 2 is 1.65 bits per heavy atom. The van der Waals surface area contributed by atoms with Gasteiger partial charge in [-0.25, -0.2) is 0 Å². The predicted octanol–water partition coefficient (Wildman–Crippen LogP) is 5.50. The molecule has 0 aromatic heterocycles. The minimum Gasteiger partial charge on any atom is -0.495 e. The zero-order valence-electron chi connectivity index (χ0n) is 10.3. The molecule has 2 nitrogen and oxygen atoms in total. The fourth-order valence-corrected chi connectivity index (χ4v) is 3.08. The van der Waals surface area contributed by atoms with Crippen LogP contribution in [0.4, 0.5) is 0 Å². The minimum atomic E-state index is -0.966. The van der Waals surface area contributed by atoms with Crippen molar-refractivity contribution in [3.63, 3.8) is 0 Å². The van der Waals surface area contributed by atoms with Crippen molar-refractivity contribution < 1.29 is 9.84 Å². The van der Waals surface area contributed by atoms with Gasteiger partial charge < -0.3 is 9.84 Å². The summed E-state index contributed by atoms with van der Waals surface area (Å²) in [4.78, 5) is 0. The van der Waals surface area contributed by atoms with Gasteiger partial charge in [-0.3, -0.25) is 0 Å². The van der Waals surface area contributed by atoms with Gasteiger partial charge in [0.15, 0.2) is 0 Å². The molecule has 0 aliphatic carbocycles. The Hall–Kier alpha value is -0.450. The first-order chi connectivity index (χ1) is 9.43. The molecule has 2 aromatic rings. The molecule has 0 saturated carbocycles. The van der Waals surface area contributed by atoms with Gasteiger partial charge in [0.1, 0.15) is 11.9 Å². The van der Waals surface area contributed by atoms with Crippen LogP contribution >= 0.6 is 50.7 Å². The zero-order valence-corrected chi connectivity index (χ0v) is 14.2. The van der Waals surface area contributed by atoms with Crippen LogP contribution in [0.1, 0.15) is 17.2 Å². The van der Waals surface area contributed by atoms with E-state index in [1.807, 2.05) is 0 Å². The first-order valence-electron chi connectivity index (χ1n) is 5.60. The third-order valence-corrected chi connectivity index (χ3v) is 4.27. The summed E-state index contributed by atoms with van der Waals surface area (Å²) in [6.07, 6.45) is -0.966. The van der Waals surface area contributed by atoms with Gasteiger partial charge in [0, 0.05) is 26.7 Å². The van der Waals surface area contributed by atoms with Crippen LogP contribution in [0.3, 0.4) is 0 Å². The Morgan fingerprint density at radius 1 is 1.00 bits per heavy atom. The summed E-state index contributed by atoms with van der Waals surface area (Å²) in [6, 6.07) is 8.37. The van der Waals surface area contributed by atoms with Crippen LogP contribution in [-0.4, -0.2) is 12.2 Å². The minimum absolute atomic E-state index is 0.359. The summed E-state index contributed by atoms with van der Waals surface area (Å²) in [6.45, 7) is 0. The number of ether oxygens (including phenoxy) is 1. The molecule has 1 N–H and O–H groups in total. The highest BCUT2D eigenvalue weighted by molar-refractivity contribution is 9.10. The lowest BCUT2D eigenvalue weighted by molar-refractivity contribution is 0.220. The van der Waals surface area contributed by atoms with Crippen molar-refractivity contribution >= 4 is 50.7 Å². The molecule has 0 fully saturated rings. The molecule has 0 spiro atoms. The Labute approximate surface area is 140 Å². The molecule has 20 heavy (non-hydrogen) atoms. The van der Waals surface area contributed by atoms with Gasteiger partial charge in [0.25, 0.3) is 0 Å². The van der Waals surface area contributed by atoms with Crippen molar-refractivity contribution in [1.29, 1.82) is 0 Å². The van der Waals surface area contributed by atoms with Crippen LogP contribution in [0.5, 0.6) is 5.75 Å². The van der Waals surface area contributed by atoms with E-state index in [1.165, 1.54) is 7.11 Å². The summed E-state index contributed by atoms with van der Waals surface area (Å²) in [5.74, 6) is 0.453. The molecule has 0 bridgehead atoms. The van der Waals surface area contributed by atoms with Crippen LogP contribution in [0.15, 0.2) is 34.8 Å². The van der Waals surface area contributed by atoms with Crippen LogP contribution < -0.4 is 4.74 Å². The maximum Gasteiger partial charge on any atom is 0.138 e. The number of hydrogen-bond acceptors (Lipinski definition) is 2. The van der Waals surface area contributed by atoms with E-state index >= 15 is 0 Å². The van der Waals surface area contributed by atoms with Gasteiger partial charge in [-0.1, -0.05) is 56.8 Å². The Kier molecular flexibility index (Phi) is 5.21. The molecule has 0 saturated heterocycles. The maximum atomic E-state index is 10.4. The highest BCUT2D eigenvalue weighted by Gasteiger charge is 2.19. The highest BCUT2D eigenvalue weighted by atomic mass is 79.9. The molecule has 1 atom stereocenters. The number of methoxy groups -OCH3 is 1. The van der Waals surface area contributed by atoms with Gasteiger partial charge in [0.2, 0.25) is 0 Å². The summed E-state index contributed by atoms with van der Waals surface area (Å²) in [7, 11) is 1.50. The fraction of sp³-hybridized carbons (Fsp3) is 0.143. The zero-order chi connectivity index (χ0) is 14.9. The lowest BCUT2D eigenvalue weighted by Crippen LogP contribution is -2.02. The molecule has 2 rings (SSSR count). The quantitative estimate of drug-likeness (QED) is 0.742. The van der Waals surface area contributed by atoms with Gasteiger partial charge in [-0.05, 0) is 18.2 Å². The number of hydrogen-bond donors (Lipinski definition) is 1. The van der Waals surface area contributed by atoms with Gasteiger partial charge >= 0.3 is 0 Å². The van der Waals surface area contributed by atoms with Crippen molar-refractivity contribution in [2.45, 2.75) is 6.10 Å². The molecule has 0 heterocycles. The molecule has 2 aromatic carbocycles. The van der Waals surface area contributed by atoms with Crippen LogP contribution in [-0.2, 0) is 0 Å². The van der Waals surface area contributed by atoms with Crippen molar-refractivity contribution in [2.24, 2.45) is 0 Å².